The summed E-state index contributed by atoms with van der Waals surface area (Å²) < 4.78 is 0. The first-order valence-corrected chi connectivity index (χ1v) is 8.66. The molecule has 0 unspecified atom stereocenters. The van der Waals surface area contributed by atoms with Gasteiger partial charge in [-0.25, -0.2) is 0 Å². The number of carbonyl (C=O) groups is 1. The molecule has 0 saturated carbocycles. The number of fused-ring (bicyclic) bond motifs is 1. The maximum Gasteiger partial charge on any atom is 0.255 e. The van der Waals surface area contributed by atoms with Gasteiger partial charge in [0.1, 0.15) is 0 Å². The first-order valence-electron chi connectivity index (χ1n) is 8.66. The molecule has 0 atom stereocenters. The second-order valence-corrected chi connectivity index (χ2v) is 6.29. The standard InChI is InChI=1S/C20H20N4O/c25-20(15-6-9-21-10-7-15)23-18-4-5-19(24-12-2-1-3-13-24)16-8-11-22-14-17(16)18/h4-11,14H,1-3,12-13H2,(H,23,25). The summed E-state index contributed by atoms with van der Waals surface area (Å²) in [7, 11) is 0. The molecule has 1 aromatic carbocycles. The SMILES string of the molecule is O=C(Nc1ccc(N2CCCCC2)c2ccncc12)c1ccncc1. The summed E-state index contributed by atoms with van der Waals surface area (Å²) in [4.78, 5) is 23.1. The van der Waals surface area contributed by atoms with Crippen molar-refractivity contribution in [3.8, 4) is 0 Å². The third kappa shape index (κ3) is 3.18. The van der Waals surface area contributed by atoms with Crippen molar-refractivity contribution in [3.05, 3.63) is 60.7 Å². The normalized spacial score (nSPS) is 14.5. The predicted octanol–water partition coefficient (Wildman–Crippen LogP) is 3.87. The van der Waals surface area contributed by atoms with Crippen LogP contribution in [0.5, 0.6) is 0 Å². The first-order chi connectivity index (χ1) is 12.3. The number of pyridine rings is 2. The van der Waals surface area contributed by atoms with Gasteiger partial charge < -0.3 is 10.2 Å². The predicted molar refractivity (Wildman–Crippen MR) is 100.0 cm³/mol. The lowest BCUT2D eigenvalue weighted by molar-refractivity contribution is 0.102. The monoisotopic (exact) mass is 332 g/mol. The highest BCUT2D eigenvalue weighted by molar-refractivity contribution is 6.11. The van der Waals surface area contributed by atoms with Gasteiger partial charge in [0.25, 0.3) is 5.91 Å². The molecule has 1 fully saturated rings. The molecular formula is C20H20N4O. The summed E-state index contributed by atoms with van der Waals surface area (Å²) in [5.41, 5.74) is 2.59. The molecule has 1 aliphatic rings. The van der Waals surface area contributed by atoms with Crippen molar-refractivity contribution < 1.29 is 4.79 Å². The van der Waals surface area contributed by atoms with E-state index < -0.39 is 0 Å². The number of carbonyl (C=O) groups excluding carboxylic acids is 1. The van der Waals surface area contributed by atoms with E-state index in [1.54, 1.807) is 24.5 Å². The molecule has 0 bridgehead atoms. The Kier molecular flexibility index (Phi) is 4.29. The average Bonchev–Trinajstić information content (AvgIpc) is 2.69. The Bertz CT molecular complexity index is 889. The number of piperidine rings is 1. The van der Waals surface area contributed by atoms with Crippen LogP contribution in [0, 0.1) is 0 Å². The van der Waals surface area contributed by atoms with Crippen molar-refractivity contribution in [1.29, 1.82) is 0 Å². The van der Waals surface area contributed by atoms with Gasteiger partial charge in [0.2, 0.25) is 0 Å². The zero-order valence-corrected chi connectivity index (χ0v) is 14.0. The minimum absolute atomic E-state index is 0.140. The number of amides is 1. The Morgan fingerprint density at radius 3 is 2.44 bits per heavy atom. The van der Waals surface area contributed by atoms with Crippen molar-refractivity contribution in [2.24, 2.45) is 0 Å². The van der Waals surface area contributed by atoms with Crippen LogP contribution in [0.2, 0.25) is 0 Å². The van der Waals surface area contributed by atoms with Gasteiger partial charge in [-0.1, -0.05) is 0 Å². The molecule has 1 aliphatic heterocycles. The number of rotatable bonds is 3. The van der Waals surface area contributed by atoms with E-state index in [0.717, 1.165) is 29.5 Å². The van der Waals surface area contributed by atoms with Crippen molar-refractivity contribution in [2.75, 3.05) is 23.3 Å². The number of hydrogen-bond acceptors (Lipinski definition) is 4. The summed E-state index contributed by atoms with van der Waals surface area (Å²) in [5.74, 6) is -0.140. The summed E-state index contributed by atoms with van der Waals surface area (Å²) in [6, 6.07) is 9.53. The molecule has 5 heteroatoms. The van der Waals surface area contributed by atoms with Crippen LogP contribution in [-0.2, 0) is 0 Å². The highest BCUT2D eigenvalue weighted by Gasteiger charge is 2.16. The molecule has 0 aliphatic carbocycles. The van der Waals surface area contributed by atoms with Gasteiger partial charge in [-0.3, -0.25) is 14.8 Å². The Morgan fingerprint density at radius 1 is 0.880 bits per heavy atom. The average molecular weight is 332 g/mol. The molecule has 126 valence electrons. The number of benzene rings is 1. The minimum atomic E-state index is -0.140. The molecule has 3 aromatic rings. The Hall–Kier alpha value is -2.95. The molecule has 1 amide bonds. The van der Waals surface area contributed by atoms with Gasteiger partial charge in [0.15, 0.2) is 0 Å². The molecule has 0 radical (unpaired) electrons. The minimum Gasteiger partial charge on any atom is -0.371 e. The molecule has 3 heterocycles. The molecule has 5 nitrogen and oxygen atoms in total. The summed E-state index contributed by atoms with van der Waals surface area (Å²) >= 11 is 0. The van der Waals surface area contributed by atoms with E-state index in [-0.39, 0.29) is 5.91 Å². The third-order valence-corrected chi connectivity index (χ3v) is 4.68. The fourth-order valence-corrected chi connectivity index (χ4v) is 3.39. The van der Waals surface area contributed by atoms with Crippen LogP contribution >= 0.6 is 0 Å². The maximum absolute atomic E-state index is 12.5. The van der Waals surface area contributed by atoms with Crippen molar-refractivity contribution >= 4 is 28.1 Å². The number of hydrogen-bond donors (Lipinski definition) is 1. The summed E-state index contributed by atoms with van der Waals surface area (Å²) in [6.07, 6.45) is 10.6. The zero-order chi connectivity index (χ0) is 17.1. The lowest BCUT2D eigenvalue weighted by Crippen LogP contribution is -2.29. The van der Waals surface area contributed by atoms with Crippen molar-refractivity contribution in [1.82, 2.24) is 9.97 Å². The van der Waals surface area contributed by atoms with E-state index in [9.17, 15) is 4.79 Å². The quantitative estimate of drug-likeness (QED) is 0.791. The summed E-state index contributed by atoms with van der Waals surface area (Å²) in [6.45, 7) is 2.17. The third-order valence-electron chi connectivity index (χ3n) is 4.68. The highest BCUT2D eigenvalue weighted by atomic mass is 16.1. The zero-order valence-electron chi connectivity index (χ0n) is 14.0. The highest BCUT2D eigenvalue weighted by Crippen LogP contribution is 2.33. The lowest BCUT2D eigenvalue weighted by Gasteiger charge is -2.30. The van der Waals surface area contributed by atoms with Gasteiger partial charge in [-0.05, 0) is 49.6 Å². The van der Waals surface area contributed by atoms with Gasteiger partial charge >= 0.3 is 0 Å². The van der Waals surface area contributed by atoms with E-state index in [2.05, 4.69) is 26.3 Å². The van der Waals surface area contributed by atoms with Crippen LogP contribution in [0.4, 0.5) is 11.4 Å². The Balaban J connectivity index is 1.70. The van der Waals surface area contributed by atoms with E-state index in [1.165, 1.54) is 24.9 Å². The number of aromatic nitrogens is 2. The van der Waals surface area contributed by atoms with Gasteiger partial charge in [0, 0.05) is 59.9 Å². The van der Waals surface area contributed by atoms with Crippen LogP contribution in [-0.4, -0.2) is 29.0 Å². The van der Waals surface area contributed by atoms with Crippen LogP contribution in [0.15, 0.2) is 55.1 Å². The Labute approximate surface area is 146 Å². The number of nitrogens with one attached hydrogen (secondary N) is 1. The molecule has 1 N–H and O–H groups in total. The smallest absolute Gasteiger partial charge is 0.255 e. The van der Waals surface area contributed by atoms with E-state index in [1.807, 2.05) is 24.5 Å². The molecule has 25 heavy (non-hydrogen) atoms. The van der Waals surface area contributed by atoms with Crippen LogP contribution < -0.4 is 10.2 Å². The second kappa shape index (κ2) is 6.89. The van der Waals surface area contributed by atoms with E-state index >= 15 is 0 Å². The Morgan fingerprint density at radius 2 is 1.64 bits per heavy atom. The van der Waals surface area contributed by atoms with Crippen LogP contribution in [0.3, 0.4) is 0 Å². The maximum atomic E-state index is 12.5. The molecule has 1 saturated heterocycles. The molecule has 0 spiro atoms. The number of anilines is 2. The fraction of sp³-hybridized carbons (Fsp3) is 0.250. The lowest BCUT2D eigenvalue weighted by atomic mass is 10.0. The molecule has 2 aromatic heterocycles. The van der Waals surface area contributed by atoms with Gasteiger partial charge in [-0.15, -0.1) is 0 Å². The van der Waals surface area contributed by atoms with Crippen LogP contribution in [0.1, 0.15) is 29.6 Å². The topological polar surface area (TPSA) is 58.1 Å². The van der Waals surface area contributed by atoms with Crippen molar-refractivity contribution in [3.63, 3.8) is 0 Å². The van der Waals surface area contributed by atoms with E-state index in [4.69, 9.17) is 0 Å². The van der Waals surface area contributed by atoms with Gasteiger partial charge in [-0.2, -0.15) is 0 Å². The fourth-order valence-electron chi connectivity index (χ4n) is 3.39. The summed E-state index contributed by atoms with van der Waals surface area (Å²) in [5, 5.41) is 5.10. The molecule has 4 rings (SSSR count). The number of nitrogens with zero attached hydrogens (tertiary/aromatic N) is 3. The van der Waals surface area contributed by atoms with Crippen LogP contribution in [0.25, 0.3) is 10.8 Å². The van der Waals surface area contributed by atoms with Crippen molar-refractivity contribution in [2.45, 2.75) is 19.3 Å². The largest absolute Gasteiger partial charge is 0.371 e. The molecular weight excluding hydrogens is 312 g/mol. The van der Waals surface area contributed by atoms with E-state index in [0.29, 0.717) is 5.56 Å². The second-order valence-electron chi connectivity index (χ2n) is 6.29. The first kappa shape index (κ1) is 15.6. The van der Waals surface area contributed by atoms with Gasteiger partial charge in [0.05, 0.1) is 5.69 Å².